The van der Waals surface area contributed by atoms with E-state index in [2.05, 4.69) is 15.2 Å². The maximum atomic E-state index is 13.2. The van der Waals surface area contributed by atoms with Crippen LogP contribution in [0.4, 0.5) is 8.78 Å². The molecular formula is C19H26F2N4O3. The van der Waals surface area contributed by atoms with Crippen molar-refractivity contribution in [1.29, 1.82) is 0 Å². The molecule has 2 fully saturated rings. The van der Waals surface area contributed by atoms with Gasteiger partial charge in [0.1, 0.15) is 18.5 Å². The van der Waals surface area contributed by atoms with Gasteiger partial charge in [0, 0.05) is 45.9 Å². The Hall–Kier alpha value is -2.42. The van der Waals surface area contributed by atoms with E-state index >= 15 is 0 Å². The zero-order chi connectivity index (χ0) is 19.9. The Morgan fingerprint density at radius 1 is 1.25 bits per heavy atom. The predicted molar refractivity (Wildman–Crippen MR) is 100 cm³/mol. The first-order valence-electron chi connectivity index (χ1n) is 9.52. The van der Waals surface area contributed by atoms with E-state index < -0.39 is 11.6 Å². The Kier molecular flexibility index (Phi) is 7.02. The van der Waals surface area contributed by atoms with Crippen LogP contribution in [0.2, 0.25) is 0 Å². The number of ether oxygens (including phenoxy) is 2. The Morgan fingerprint density at radius 2 is 2.00 bits per heavy atom. The average molecular weight is 396 g/mol. The maximum absolute atomic E-state index is 13.2. The first-order chi connectivity index (χ1) is 13.6. The molecule has 0 aromatic heterocycles. The van der Waals surface area contributed by atoms with E-state index in [0.29, 0.717) is 39.3 Å². The second-order valence-corrected chi connectivity index (χ2v) is 6.71. The van der Waals surface area contributed by atoms with Gasteiger partial charge >= 0.3 is 0 Å². The summed E-state index contributed by atoms with van der Waals surface area (Å²) in [6, 6.07) is 3.44. The Balaban J connectivity index is 1.39. The number of carbonyl (C=O) groups is 1. The number of rotatable bonds is 5. The van der Waals surface area contributed by atoms with Crippen LogP contribution >= 0.6 is 0 Å². The summed E-state index contributed by atoms with van der Waals surface area (Å²) in [4.78, 5) is 20.6. The topological polar surface area (TPSA) is 66.4 Å². The van der Waals surface area contributed by atoms with E-state index in [1.54, 1.807) is 7.05 Å². The van der Waals surface area contributed by atoms with Crippen molar-refractivity contribution in [2.24, 2.45) is 4.99 Å². The smallest absolute Gasteiger partial charge is 0.251 e. The van der Waals surface area contributed by atoms with Crippen molar-refractivity contribution in [2.45, 2.75) is 18.9 Å². The molecule has 2 aliphatic rings. The molecule has 1 amide bonds. The lowest BCUT2D eigenvalue weighted by Crippen LogP contribution is -2.55. The van der Waals surface area contributed by atoms with E-state index in [1.807, 2.05) is 4.90 Å². The molecule has 1 aromatic rings. The van der Waals surface area contributed by atoms with Gasteiger partial charge in [-0.05, 0) is 25.0 Å². The number of carbonyl (C=O) groups excluding carboxylic acids is 1. The highest BCUT2D eigenvalue weighted by Crippen LogP contribution is 2.16. The van der Waals surface area contributed by atoms with Gasteiger partial charge in [0.15, 0.2) is 17.6 Å². The fourth-order valence-electron chi connectivity index (χ4n) is 3.35. The number of guanidine groups is 1. The van der Waals surface area contributed by atoms with Gasteiger partial charge < -0.3 is 24.6 Å². The van der Waals surface area contributed by atoms with Gasteiger partial charge in [-0.3, -0.25) is 9.79 Å². The highest BCUT2D eigenvalue weighted by molar-refractivity contribution is 5.82. The summed E-state index contributed by atoms with van der Waals surface area (Å²) in [5, 5.41) is 3.19. The fourth-order valence-corrected chi connectivity index (χ4v) is 3.35. The van der Waals surface area contributed by atoms with E-state index in [4.69, 9.17) is 9.47 Å². The molecule has 0 spiro atoms. The quantitative estimate of drug-likeness (QED) is 0.461. The lowest BCUT2D eigenvalue weighted by Gasteiger charge is -2.37. The van der Waals surface area contributed by atoms with Crippen molar-refractivity contribution >= 4 is 11.9 Å². The Morgan fingerprint density at radius 3 is 2.64 bits per heavy atom. The van der Waals surface area contributed by atoms with Gasteiger partial charge in [-0.2, -0.15) is 0 Å². The molecule has 0 radical (unpaired) electrons. The van der Waals surface area contributed by atoms with Crippen molar-refractivity contribution in [1.82, 2.24) is 15.1 Å². The van der Waals surface area contributed by atoms with Gasteiger partial charge in [0.05, 0.1) is 6.54 Å². The molecule has 7 nitrogen and oxygen atoms in total. The number of halogens is 2. The lowest BCUT2D eigenvalue weighted by molar-refractivity contribution is -0.142. The van der Waals surface area contributed by atoms with Crippen molar-refractivity contribution < 1.29 is 23.0 Å². The van der Waals surface area contributed by atoms with Crippen LogP contribution < -0.4 is 10.1 Å². The van der Waals surface area contributed by atoms with Crippen LogP contribution in [0, 0.1) is 11.6 Å². The van der Waals surface area contributed by atoms with Crippen LogP contribution in [-0.4, -0.2) is 80.8 Å². The summed E-state index contributed by atoms with van der Waals surface area (Å²) in [5.41, 5.74) is 0. The Labute approximate surface area is 163 Å². The second-order valence-electron chi connectivity index (χ2n) is 6.71. The van der Waals surface area contributed by atoms with Crippen molar-refractivity contribution in [3.8, 4) is 5.75 Å². The number of amides is 1. The molecule has 0 bridgehead atoms. The van der Waals surface area contributed by atoms with Gasteiger partial charge in [-0.1, -0.05) is 0 Å². The third-order valence-corrected chi connectivity index (χ3v) is 4.85. The molecule has 1 aromatic carbocycles. The van der Waals surface area contributed by atoms with E-state index in [0.717, 1.165) is 30.9 Å². The molecule has 1 N–H and O–H groups in total. The maximum Gasteiger partial charge on any atom is 0.251 e. The van der Waals surface area contributed by atoms with Crippen LogP contribution in [0.3, 0.4) is 0 Å². The number of hydrogen-bond donors (Lipinski definition) is 1. The van der Waals surface area contributed by atoms with Crippen LogP contribution in [0.1, 0.15) is 12.8 Å². The van der Waals surface area contributed by atoms with Crippen molar-refractivity contribution in [2.75, 3.05) is 53.0 Å². The number of benzene rings is 1. The lowest BCUT2D eigenvalue weighted by atomic mass is 10.2. The fraction of sp³-hybridized carbons (Fsp3) is 0.579. The molecule has 2 heterocycles. The molecule has 1 atom stereocenters. The van der Waals surface area contributed by atoms with Crippen molar-refractivity contribution in [3.63, 3.8) is 0 Å². The summed E-state index contributed by atoms with van der Waals surface area (Å²) >= 11 is 0. The van der Waals surface area contributed by atoms with Crippen LogP contribution in [0.25, 0.3) is 0 Å². The van der Waals surface area contributed by atoms with Crippen LogP contribution in [-0.2, 0) is 9.53 Å². The number of piperazine rings is 1. The Bertz CT molecular complexity index is 702. The largest absolute Gasteiger partial charge is 0.492 e. The standard InChI is InChI=1S/C19H26F2N4O3/c1-22-19(23-6-12-27-14-4-5-15(20)16(21)13-14)25-9-7-24(8-10-25)18(26)17-3-2-11-28-17/h4-5,13,17H,2-3,6-12H2,1H3,(H,22,23). The monoisotopic (exact) mass is 396 g/mol. The molecule has 28 heavy (non-hydrogen) atoms. The first kappa shape index (κ1) is 20.3. The molecule has 2 saturated heterocycles. The van der Waals surface area contributed by atoms with Gasteiger partial charge in [-0.15, -0.1) is 0 Å². The van der Waals surface area contributed by atoms with Gasteiger partial charge in [0.25, 0.3) is 5.91 Å². The first-order valence-corrected chi connectivity index (χ1v) is 9.52. The highest BCUT2D eigenvalue weighted by atomic mass is 19.2. The SMILES string of the molecule is CN=C(NCCOc1ccc(F)c(F)c1)N1CCN(C(=O)C2CCCO2)CC1. The zero-order valence-corrected chi connectivity index (χ0v) is 16.0. The van der Waals surface area contributed by atoms with E-state index in [9.17, 15) is 13.6 Å². The number of nitrogens with one attached hydrogen (secondary N) is 1. The second kappa shape index (κ2) is 9.68. The summed E-state index contributed by atoms with van der Waals surface area (Å²) < 4.78 is 37.0. The van der Waals surface area contributed by atoms with Crippen molar-refractivity contribution in [3.05, 3.63) is 29.8 Å². The molecule has 0 saturated carbocycles. The minimum Gasteiger partial charge on any atom is -0.492 e. The van der Waals surface area contributed by atoms with Gasteiger partial charge in [-0.25, -0.2) is 8.78 Å². The molecule has 3 rings (SSSR count). The normalized spacial score (nSPS) is 20.4. The molecule has 2 aliphatic heterocycles. The van der Waals surface area contributed by atoms with Gasteiger partial charge in [0.2, 0.25) is 0 Å². The summed E-state index contributed by atoms with van der Waals surface area (Å²) in [6.07, 6.45) is 1.47. The highest BCUT2D eigenvalue weighted by Gasteiger charge is 2.30. The predicted octanol–water partition coefficient (Wildman–Crippen LogP) is 1.24. The molecule has 1 unspecified atom stereocenters. The zero-order valence-electron chi connectivity index (χ0n) is 16.0. The summed E-state index contributed by atoms with van der Waals surface area (Å²) in [7, 11) is 1.70. The minimum atomic E-state index is -0.934. The van der Waals surface area contributed by atoms with Crippen LogP contribution in [0.15, 0.2) is 23.2 Å². The molecule has 154 valence electrons. The summed E-state index contributed by atoms with van der Waals surface area (Å²) in [6.45, 7) is 4.03. The van der Waals surface area contributed by atoms with E-state index in [-0.39, 0.29) is 24.4 Å². The third kappa shape index (κ3) is 5.09. The number of aliphatic imine (C=N–C) groups is 1. The van der Waals surface area contributed by atoms with Crippen LogP contribution in [0.5, 0.6) is 5.75 Å². The molecular weight excluding hydrogens is 370 g/mol. The number of hydrogen-bond acceptors (Lipinski definition) is 4. The summed E-state index contributed by atoms with van der Waals surface area (Å²) in [5.74, 6) is -0.755. The third-order valence-electron chi connectivity index (χ3n) is 4.85. The van der Waals surface area contributed by atoms with E-state index in [1.165, 1.54) is 6.07 Å². The molecule has 0 aliphatic carbocycles. The number of nitrogens with zero attached hydrogens (tertiary/aromatic N) is 3. The molecule has 9 heteroatoms. The average Bonchev–Trinajstić information content (AvgIpc) is 3.25. The minimum absolute atomic E-state index is 0.0834.